The molecule has 1 aromatic carbocycles. The molecule has 0 heterocycles. The quantitative estimate of drug-likeness (QED) is 0.684. The highest BCUT2D eigenvalue weighted by atomic mass is 32.2. The summed E-state index contributed by atoms with van der Waals surface area (Å²) in [4.78, 5) is 23.5. The van der Waals surface area contributed by atoms with Gasteiger partial charge >= 0.3 is 0 Å². The summed E-state index contributed by atoms with van der Waals surface area (Å²) in [5.74, 6) is -0.128. The van der Waals surface area contributed by atoms with E-state index in [-0.39, 0.29) is 17.1 Å². The van der Waals surface area contributed by atoms with Crippen LogP contribution in [0.2, 0.25) is 0 Å². The van der Waals surface area contributed by atoms with E-state index in [9.17, 15) is 9.59 Å². The highest BCUT2D eigenvalue weighted by Crippen LogP contribution is 2.24. The molecule has 0 aromatic heterocycles. The molecule has 104 valence electrons. The Morgan fingerprint density at radius 1 is 1.32 bits per heavy atom. The van der Waals surface area contributed by atoms with Gasteiger partial charge in [-0.25, -0.2) is 0 Å². The van der Waals surface area contributed by atoms with Gasteiger partial charge in [0.15, 0.2) is 0 Å². The zero-order valence-corrected chi connectivity index (χ0v) is 11.9. The summed E-state index contributed by atoms with van der Waals surface area (Å²) in [6.07, 6.45) is 0. The summed E-state index contributed by atoms with van der Waals surface area (Å²) in [5.41, 5.74) is 6.08. The lowest BCUT2D eigenvalue weighted by atomic mass is 10.3. The maximum Gasteiger partial charge on any atom is 0.233 e. The average molecular weight is 281 g/mol. The maximum atomic E-state index is 11.7. The molecule has 5 nitrogen and oxygen atoms in total. The molecule has 0 spiro atoms. The Morgan fingerprint density at radius 3 is 2.47 bits per heavy atom. The first-order valence-electron chi connectivity index (χ1n) is 6.05. The minimum Gasteiger partial charge on any atom is -0.354 e. The average Bonchev–Trinajstić information content (AvgIpc) is 2.37. The van der Waals surface area contributed by atoms with E-state index in [1.165, 1.54) is 18.7 Å². The fraction of sp³-hybridized carbons (Fsp3) is 0.385. The van der Waals surface area contributed by atoms with Crippen LogP contribution in [0.4, 0.5) is 5.69 Å². The Labute approximate surface area is 117 Å². The molecule has 1 aromatic rings. The minimum atomic E-state index is -0.182. The van der Waals surface area contributed by atoms with Gasteiger partial charge in [-0.15, -0.1) is 11.8 Å². The van der Waals surface area contributed by atoms with E-state index in [1.54, 1.807) is 0 Å². The molecule has 0 aliphatic heterocycles. The number of hydrogen-bond acceptors (Lipinski definition) is 4. The van der Waals surface area contributed by atoms with E-state index >= 15 is 0 Å². The number of anilines is 1. The van der Waals surface area contributed by atoms with Gasteiger partial charge in [0.1, 0.15) is 0 Å². The van der Waals surface area contributed by atoms with Crippen molar-refractivity contribution in [3.05, 3.63) is 24.3 Å². The summed E-state index contributed by atoms with van der Waals surface area (Å²) in [5, 5.41) is 5.26. The second-order valence-corrected chi connectivity index (χ2v) is 5.46. The standard InChI is InChI=1S/C13H19N3O2S/c1-9(13(18)15-8-7-14)19-12-5-3-11(4-6-12)16-10(2)17/h3-6,9H,7-8,14H2,1-2H3,(H,15,18)(H,16,17). The third-order valence-electron chi connectivity index (χ3n) is 2.30. The SMILES string of the molecule is CC(=O)Nc1ccc(SC(C)C(=O)NCCN)cc1. The van der Waals surface area contributed by atoms with Crippen LogP contribution in [0.25, 0.3) is 0 Å². The maximum absolute atomic E-state index is 11.7. The van der Waals surface area contributed by atoms with Crippen molar-refractivity contribution in [1.29, 1.82) is 0 Å². The number of rotatable bonds is 6. The molecule has 0 fully saturated rings. The van der Waals surface area contributed by atoms with Crippen molar-refractivity contribution in [3.63, 3.8) is 0 Å². The molecular weight excluding hydrogens is 262 g/mol. The van der Waals surface area contributed by atoms with Crippen LogP contribution in [0.5, 0.6) is 0 Å². The van der Waals surface area contributed by atoms with Gasteiger partial charge in [-0.2, -0.15) is 0 Å². The lowest BCUT2D eigenvalue weighted by molar-refractivity contribution is -0.120. The van der Waals surface area contributed by atoms with Gasteiger partial charge in [0.25, 0.3) is 0 Å². The van der Waals surface area contributed by atoms with Crippen molar-refractivity contribution < 1.29 is 9.59 Å². The Balaban J connectivity index is 2.52. The minimum absolute atomic E-state index is 0.0265. The molecule has 0 aliphatic carbocycles. The molecule has 0 bridgehead atoms. The lowest BCUT2D eigenvalue weighted by Crippen LogP contribution is -2.34. The number of thioether (sulfide) groups is 1. The van der Waals surface area contributed by atoms with Crippen LogP contribution in [-0.4, -0.2) is 30.2 Å². The first-order valence-corrected chi connectivity index (χ1v) is 6.93. The van der Waals surface area contributed by atoms with E-state index in [1.807, 2.05) is 31.2 Å². The summed E-state index contributed by atoms with van der Waals surface area (Å²) >= 11 is 1.46. The molecule has 0 saturated heterocycles. The van der Waals surface area contributed by atoms with Gasteiger partial charge in [-0.3, -0.25) is 9.59 Å². The summed E-state index contributed by atoms with van der Waals surface area (Å²) in [6.45, 7) is 4.24. The number of benzene rings is 1. The van der Waals surface area contributed by atoms with Gasteiger partial charge < -0.3 is 16.4 Å². The Hall–Kier alpha value is -1.53. The largest absolute Gasteiger partial charge is 0.354 e. The van der Waals surface area contributed by atoms with E-state index in [2.05, 4.69) is 10.6 Å². The van der Waals surface area contributed by atoms with Crippen LogP contribution >= 0.6 is 11.8 Å². The van der Waals surface area contributed by atoms with Crippen LogP contribution in [0.1, 0.15) is 13.8 Å². The number of carbonyl (C=O) groups excluding carboxylic acids is 2. The second-order valence-electron chi connectivity index (χ2n) is 4.05. The van der Waals surface area contributed by atoms with Crippen molar-refractivity contribution in [2.75, 3.05) is 18.4 Å². The molecule has 2 amide bonds. The fourth-order valence-electron chi connectivity index (χ4n) is 1.42. The summed E-state index contributed by atoms with van der Waals surface area (Å²) < 4.78 is 0. The molecule has 0 radical (unpaired) electrons. The molecular formula is C13H19N3O2S. The van der Waals surface area contributed by atoms with Crippen LogP contribution in [0, 0.1) is 0 Å². The number of nitrogens with two attached hydrogens (primary N) is 1. The third kappa shape index (κ3) is 5.76. The first kappa shape index (κ1) is 15.5. The van der Waals surface area contributed by atoms with Crippen LogP contribution in [-0.2, 0) is 9.59 Å². The molecule has 0 saturated carbocycles. The molecule has 1 rings (SSSR count). The highest BCUT2D eigenvalue weighted by molar-refractivity contribution is 8.00. The highest BCUT2D eigenvalue weighted by Gasteiger charge is 2.13. The number of nitrogens with one attached hydrogen (secondary N) is 2. The fourth-order valence-corrected chi connectivity index (χ4v) is 2.31. The van der Waals surface area contributed by atoms with Crippen molar-refractivity contribution in [2.45, 2.75) is 24.0 Å². The van der Waals surface area contributed by atoms with E-state index < -0.39 is 0 Å². The molecule has 0 aliphatic rings. The monoisotopic (exact) mass is 281 g/mol. The summed E-state index contributed by atoms with van der Waals surface area (Å²) in [7, 11) is 0. The van der Waals surface area contributed by atoms with Crippen molar-refractivity contribution >= 4 is 29.3 Å². The zero-order chi connectivity index (χ0) is 14.3. The van der Waals surface area contributed by atoms with Gasteiger partial charge in [-0.1, -0.05) is 0 Å². The molecule has 19 heavy (non-hydrogen) atoms. The van der Waals surface area contributed by atoms with Crippen LogP contribution in [0.15, 0.2) is 29.2 Å². The topological polar surface area (TPSA) is 84.2 Å². The van der Waals surface area contributed by atoms with Crippen molar-refractivity contribution in [3.8, 4) is 0 Å². The lowest BCUT2D eigenvalue weighted by Gasteiger charge is -2.11. The van der Waals surface area contributed by atoms with E-state index in [0.29, 0.717) is 13.1 Å². The zero-order valence-electron chi connectivity index (χ0n) is 11.1. The molecule has 6 heteroatoms. The van der Waals surface area contributed by atoms with E-state index in [4.69, 9.17) is 5.73 Å². The molecule has 4 N–H and O–H groups in total. The number of carbonyl (C=O) groups is 2. The van der Waals surface area contributed by atoms with Crippen LogP contribution < -0.4 is 16.4 Å². The van der Waals surface area contributed by atoms with Gasteiger partial charge in [-0.05, 0) is 31.2 Å². The molecule has 1 unspecified atom stereocenters. The van der Waals surface area contributed by atoms with E-state index in [0.717, 1.165) is 10.6 Å². The first-order chi connectivity index (χ1) is 9.02. The Morgan fingerprint density at radius 2 is 1.95 bits per heavy atom. The number of hydrogen-bond donors (Lipinski definition) is 3. The normalized spacial score (nSPS) is 11.7. The van der Waals surface area contributed by atoms with Crippen molar-refractivity contribution in [1.82, 2.24) is 5.32 Å². The summed E-state index contributed by atoms with van der Waals surface area (Å²) in [6, 6.07) is 7.38. The van der Waals surface area contributed by atoms with Gasteiger partial charge in [0.2, 0.25) is 11.8 Å². The second kappa shape index (κ2) is 7.81. The predicted molar refractivity (Wildman–Crippen MR) is 78.1 cm³/mol. The Bertz CT molecular complexity index is 434. The van der Waals surface area contributed by atoms with Crippen LogP contribution in [0.3, 0.4) is 0 Å². The van der Waals surface area contributed by atoms with Crippen molar-refractivity contribution in [2.24, 2.45) is 5.73 Å². The Kier molecular flexibility index (Phi) is 6.38. The van der Waals surface area contributed by atoms with Gasteiger partial charge in [0, 0.05) is 30.6 Å². The molecule has 1 atom stereocenters. The third-order valence-corrected chi connectivity index (χ3v) is 3.41. The smallest absolute Gasteiger partial charge is 0.233 e. The van der Waals surface area contributed by atoms with Gasteiger partial charge in [0.05, 0.1) is 5.25 Å². The number of amides is 2. The predicted octanol–water partition coefficient (Wildman–Crippen LogP) is 1.20.